The van der Waals surface area contributed by atoms with E-state index in [-0.39, 0.29) is 11.4 Å². The first kappa shape index (κ1) is 8.69. The van der Waals surface area contributed by atoms with E-state index in [9.17, 15) is 4.79 Å². The van der Waals surface area contributed by atoms with E-state index in [4.69, 9.17) is 5.26 Å². The molecule has 0 aliphatic carbocycles. The van der Waals surface area contributed by atoms with Gasteiger partial charge < -0.3 is 0 Å². The Bertz CT molecular complexity index is 343. The number of carbonyl (C=O) groups excluding carboxylic acids is 1. The summed E-state index contributed by atoms with van der Waals surface area (Å²) in [5.41, 5.74) is 1.11. The average molecular weight is 177 g/mol. The average Bonchev–Trinajstić information content (AvgIpc) is 2.51. The lowest BCUT2D eigenvalue weighted by Crippen LogP contribution is -1.92. The summed E-state index contributed by atoms with van der Waals surface area (Å²) in [6.45, 7) is 1.39. The van der Waals surface area contributed by atoms with Gasteiger partial charge in [-0.05, 0) is 35.4 Å². The van der Waals surface area contributed by atoms with Gasteiger partial charge >= 0.3 is 0 Å². The van der Waals surface area contributed by atoms with Gasteiger partial charge in [0.05, 0.1) is 5.57 Å². The third kappa shape index (κ3) is 2.04. The zero-order valence-corrected chi connectivity index (χ0v) is 7.39. The predicted molar refractivity (Wildman–Crippen MR) is 48.6 cm³/mol. The smallest absolute Gasteiger partial charge is 0.170 e. The molecule has 0 saturated heterocycles. The molecular weight excluding hydrogens is 170 g/mol. The van der Waals surface area contributed by atoms with Crippen molar-refractivity contribution in [2.24, 2.45) is 0 Å². The molecule has 0 N–H and O–H groups in total. The van der Waals surface area contributed by atoms with Gasteiger partial charge in [-0.15, -0.1) is 0 Å². The van der Waals surface area contributed by atoms with E-state index in [1.54, 1.807) is 6.08 Å². The Morgan fingerprint density at radius 2 is 2.50 bits per heavy atom. The van der Waals surface area contributed by atoms with Crippen molar-refractivity contribution >= 4 is 23.2 Å². The molecule has 1 aromatic rings. The van der Waals surface area contributed by atoms with Crippen molar-refractivity contribution in [2.45, 2.75) is 6.92 Å². The molecule has 0 aromatic carbocycles. The Labute approximate surface area is 74.8 Å². The highest BCUT2D eigenvalue weighted by atomic mass is 32.1. The van der Waals surface area contributed by atoms with Crippen LogP contribution in [0.5, 0.6) is 0 Å². The molecule has 0 fully saturated rings. The lowest BCUT2D eigenvalue weighted by atomic mass is 10.1. The molecule has 0 saturated carbocycles. The van der Waals surface area contributed by atoms with Crippen LogP contribution in [0.25, 0.3) is 6.08 Å². The number of carbonyl (C=O) groups is 1. The van der Waals surface area contributed by atoms with E-state index in [1.807, 2.05) is 22.9 Å². The Kier molecular flexibility index (Phi) is 2.78. The first-order valence-electron chi connectivity index (χ1n) is 3.39. The second-order valence-electron chi connectivity index (χ2n) is 2.28. The molecule has 1 rings (SSSR count). The minimum Gasteiger partial charge on any atom is -0.294 e. The Morgan fingerprint density at radius 3 is 2.92 bits per heavy atom. The summed E-state index contributed by atoms with van der Waals surface area (Å²) in [5, 5.41) is 12.4. The number of hydrogen-bond acceptors (Lipinski definition) is 3. The van der Waals surface area contributed by atoms with Crippen molar-refractivity contribution in [2.75, 3.05) is 0 Å². The number of nitrogens with zero attached hydrogens (tertiary/aromatic N) is 1. The Hall–Kier alpha value is -1.40. The molecule has 0 bridgehead atoms. The molecule has 12 heavy (non-hydrogen) atoms. The first-order chi connectivity index (χ1) is 5.74. The fourth-order valence-electron chi connectivity index (χ4n) is 0.736. The molecule has 1 aromatic heterocycles. The predicted octanol–water partition coefficient (Wildman–Crippen LogP) is 2.24. The SMILES string of the molecule is CC(=O)C(C#N)=Cc1ccsc1. The van der Waals surface area contributed by atoms with E-state index in [2.05, 4.69) is 0 Å². The van der Waals surface area contributed by atoms with Gasteiger partial charge in [0, 0.05) is 0 Å². The van der Waals surface area contributed by atoms with Crippen LogP contribution in [0.15, 0.2) is 22.4 Å². The first-order valence-corrected chi connectivity index (χ1v) is 4.33. The number of hydrogen-bond donors (Lipinski definition) is 0. The van der Waals surface area contributed by atoms with E-state index >= 15 is 0 Å². The summed E-state index contributed by atoms with van der Waals surface area (Å²) < 4.78 is 0. The van der Waals surface area contributed by atoms with E-state index < -0.39 is 0 Å². The molecule has 0 spiro atoms. The molecule has 3 heteroatoms. The molecule has 1 heterocycles. The normalized spacial score (nSPS) is 10.8. The standard InChI is InChI=1S/C9H7NOS/c1-7(11)9(5-10)4-8-2-3-12-6-8/h2-4,6H,1H3. The largest absolute Gasteiger partial charge is 0.294 e. The van der Waals surface area contributed by atoms with Crippen molar-refractivity contribution in [3.8, 4) is 6.07 Å². The summed E-state index contributed by atoms with van der Waals surface area (Å²) >= 11 is 1.54. The van der Waals surface area contributed by atoms with Crippen molar-refractivity contribution < 1.29 is 4.79 Å². The van der Waals surface area contributed by atoms with Crippen molar-refractivity contribution in [3.63, 3.8) is 0 Å². The summed E-state index contributed by atoms with van der Waals surface area (Å²) in [5.74, 6) is -0.191. The number of allylic oxidation sites excluding steroid dienone is 1. The Balaban J connectivity index is 2.95. The van der Waals surface area contributed by atoms with Gasteiger partial charge in [-0.2, -0.15) is 16.6 Å². The third-order valence-electron chi connectivity index (χ3n) is 1.35. The molecular formula is C9H7NOS. The van der Waals surface area contributed by atoms with Crippen LogP contribution < -0.4 is 0 Å². The molecule has 0 aliphatic heterocycles. The van der Waals surface area contributed by atoms with E-state index in [0.717, 1.165) is 5.56 Å². The molecule has 0 atom stereocenters. The maximum atomic E-state index is 10.8. The van der Waals surface area contributed by atoms with Crippen LogP contribution >= 0.6 is 11.3 Å². The van der Waals surface area contributed by atoms with Crippen LogP contribution in [0.1, 0.15) is 12.5 Å². The van der Waals surface area contributed by atoms with E-state index in [0.29, 0.717) is 0 Å². The molecule has 2 nitrogen and oxygen atoms in total. The van der Waals surface area contributed by atoms with Crippen LogP contribution in [0.2, 0.25) is 0 Å². The van der Waals surface area contributed by atoms with Gasteiger partial charge in [-0.3, -0.25) is 4.79 Å². The van der Waals surface area contributed by atoms with Gasteiger partial charge in [0.15, 0.2) is 5.78 Å². The van der Waals surface area contributed by atoms with Crippen LogP contribution in [0, 0.1) is 11.3 Å². The van der Waals surface area contributed by atoms with Gasteiger partial charge in [-0.1, -0.05) is 0 Å². The highest BCUT2D eigenvalue weighted by Crippen LogP contribution is 2.10. The highest BCUT2D eigenvalue weighted by Gasteiger charge is 2.01. The number of thiophene rings is 1. The monoisotopic (exact) mass is 177 g/mol. The zero-order chi connectivity index (χ0) is 8.97. The van der Waals surface area contributed by atoms with Gasteiger partial charge in [0.25, 0.3) is 0 Å². The van der Waals surface area contributed by atoms with E-state index in [1.165, 1.54) is 18.3 Å². The summed E-state index contributed by atoms with van der Waals surface area (Å²) in [4.78, 5) is 10.8. The zero-order valence-electron chi connectivity index (χ0n) is 6.57. The maximum Gasteiger partial charge on any atom is 0.170 e. The number of Topliss-reactive ketones (excluding diaryl/α,β-unsaturated/α-hetero) is 1. The minimum absolute atomic E-state index is 0.191. The second kappa shape index (κ2) is 3.84. The fraction of sp³-hybridized carbons (Fsp3) is 0.111. The fourth-order valence-corrected chi connectivity index (χ4v) is 1.35. The highest BCUT2D eigenvalue weighted by molar-refractivity contribution is 7.08. The van der Waals surface area contributed by atoms with Crippen molar-refractivity contribution in [1.82, 2.24) is 0 Å². The minimum atomic E-state index is -0.191. The lowest BCUT2D eigenvalue weighted by Gasteiger charge is -1.87. The number of nitriles is 1. The maximum absolute atomic E-state index is 10.8. The number of rotatable bonds is 2. The molecule has 0 amide bonds. The summed E-state index contributed by atoms with van der Waals surface area (Å²) in [6, 6.07) is 3.72. The van der Waals surface area contributed by atoms with Crippen LogP contribution in [0.4, 0.5) is 0 Å². The van der Waals surface area contributed by atoms with Crippen LogP contribution in [-0.2, 0) is 4.79 Å². The summed E-state index contributed by atoms with van der Waals surface area (Å²) in [6.07, 6.45) is 1.60. The molecule has 0 unspecified atom stereocenters. The molecule has 60 valence electrons. The molecule has 0 aliphatic rings. The number of ketones is 1. The van der Waals surface area contributed by atoms with Crippen LogP contribution in [0.3, 0.4) is 0 Å². The third-order valence-corrected chi connectivity index (χ3v) is 2.06. The van der Waals surface area contributed by atoms with Gasteiger partial charge in [0.1, 0.15) is 6.07 Å². The second-order valence-corrected chi connectivity index (χ2v) is 3.06. The Morgan fingerprint density at radius 1 is 1.75 bits per heavy atom. The quantitative estimate of drug-likeness (QED) is 0.513. The lowest BCUT2D eigenvalue weighted by molar-refractivity contribution is -0.113. The van der Waals surface area contributed by atoms with Crippen LogP contribution in [-0.4, -0.2) is 5.78 Å². The van der Waals surface area contributed by atoms with Gasteiger partial charge in [-0.25, -0.2) is 0 Å². The topological polar surface area (TPSA) is 40.9 Å². The van der Waals surface area contributed by atoms with Crippen molar-refractivity contribution in [1.29, 1.82) is 5.26 Å². The molecule has 0 radical (unpaired) electrons. The summed E-state index contributed by atoms with van der Waals surface area (Å²) in [7, 11) is 0. The van der Waals surface area contributed by atoms with Gasteiger partial charge in [0.2, 0.25) is 0 Å². The van der Waals surface area contributed by atoms with Crippen molar-refractivity contribution in [3.05, 3.63) is 28.0 Å².